The van der Waals surface area contributed by atoms with Crippen LogP contribution in [0.4, 0.5) is 0 Å². The second kappa shape index (κ2) is 10.8. The van der Waals surface area contributed by atoms with Gasteiger partial charge in [-0.2, -0.15) is 0 Å². The van der Waals surface area contributed by atoms with Crippen LogP contribution in [0, 0.1) is 0 Å². The highest BCUT2D eigenvalue weighted by atomic mass is 79.9. The van der Waals surface area contributed by atoms with Crippen molar-refractivity contribution in [1.82, 2.24) is 4.57 Å². The molecule has 4 aromatic rings. The maximum absolute atomic E-state index is 14.0. The largest absolute Gasteiger partial charge is 0.496 e. The van der Waals surface area contributed by atoms with Crippen molar-refractivity contribution in [3.05, 3.63) is 93.7 Å². The Kier molecular flexibility index (Phi) is 7.46. The molecule has 0 radical (unpaired) electrons. The van der Waals surface area contributed by atoms with Crippen LogP contribution in [0.1, 0.15) is 43.2 Å². The molecule has 37 heavy (non-hydrogen) atoms. The summed E-state index contributed by atoms with van der Waals surface area (Å²) in [6.45, 7) is 4.04. The van der Waals surface area contributed by atoms with E-state index in [2.05, 4.69) is 15.9 Å². The number of esters is 1. The first-order chi connectivity index (χ1) is 18.0. The van der Waals surface area contributed by atoms with Gasteiger partial charge in [-0.15, -0.1) is 11.3 Å². The van der Waals surface area contributed by atoms with Gasteiger partial charge in [0, 0.05) is 10.4 Å². The van der Waals surface area contributed by atoms with Gasteiger partial charge in [0.15, 0.2) is 4.80 Å². The number of benzene rings is 2. The monoisotopic (exact) mass is 596 g/mol. The second-order valence-electron chi connectivity index (χ2n) is 8.46. The molecule has 2 aromatic heterocycles. The summed E-state index contributed by atoms with van der Waals surface area (Å²) < 4.78 is 14.5. The van der Waals surface area contributed by atoms with Gasteiger partial charge in [0.05, 0.1) is 33.3 Å². The number of nitrogens with zero attached hydrogens (tertiary/aromatic N) is 2. The van der Waals surface area contributed by atoms with Crippen LogP contribution >= 0.6 is 38.6 Å². The van der Waals surface area contributed by atoms with E-state index in [9.17, 15) is 9.59 Å². The van der Waals surface area contributed by atoms with Crippen molar-refractivity contribution in [2.45, 2.75) is 32.7 Å². The van der Waals surface area contributed by atoms with Crippen LogP contribution < -0.4 is 19.6 Å². The van der Waals surface area contributed by atoms with E-state index in [4.69, 9.17) is 14.5 Å². The Bertz CT molecular complexity index is 1710. The lowest BCUT2D eigenvalue weighted by atomic mass is 9.90. The van der Waals surface area contributed by atoms with Crippen molar-refractivity contribution in [2.24, 2.45) is 4.99 Å². The number of ether oxygens (including phenoxy) is 2. The highest BCUT2D eigenvalue weighted by Crippen LogP contribution is 2.41. The fraction of sp³-hybridized carbons (Fsp3) is 0.250. The number of halogens is 1. The molecule has 0 amide bonds. The molecule has 0 spiro atoms. The van der Waals surface area contributed by atoms with Crippen LogP contribution in [-0.2, 0) is 9.53 Å². The zero-order chi connectivity index (χ0) is 26.1. The molecule has 0 saturated heterocycles. The summed E-state index contributed by atoms with van der Waals surface area (Å²) in [6.07, 6.45) is 3.25. The highest BCUT2D eigenvalue weighted by molar-refractivity contribution is 9.11. The first-order valence-corrected chi connectivity index (χ1v) is 14.4. The molecule has 0 fully saturated rings. The number of aromatic nitrogens is 1. The zero-order valence-corrected chi connectivity index (χ0v) is 23.8. The van der Waals surface area contributed by atoms with Crippen molar-refractivity contribution >= 4 is 61.4 Å². The third-order valence-corrected chi connectivity index (χ3v) is 8.74. The molecule has 1 aliphatic heterocycles. The van der Waals surface area contributed by atoms with Crippen LogP contribution in [-0.4, -0.2) is 24.3 Å². The average molecular weight is 598 g/mol. The number of hydrogen-bond acceptors (Lipinski definition) is 7. The van der Waals surface area contributed by atoms with E-state index in [1.165, 1.54) is 11.3 Å². The Morgan fingerprint density at radius 3 is 2.65 bits per heavy atom. The molecular weight excluding hydrogens is 572 g/mol. The van der Waals surface area contributed by atoms with Crippen LogP contribution in [0.2, 0.25) is 0 Å². The Morgan fingerprint density at radius 2 is 1.95 bits per heavy atom. The van der Waals surface area contributed by atoms with Gasteiger partial charge in [-0.05, 0) is 64.3 Å². The number of fused-ring (bicyclic) bond motifs is 2. The predicted molar refractivity (Wildman–Crippen MR) is 152 cm³/mol. The van der Waals surface area contributed by atoms with Gasteiger partial charge in [-0.3, -0.25) is 9.36 Å². The van der Waals surface area contributed by atoms with Crippen LogP contribution in [0.25, 0.3) is 16.8 Å². The SMILES string of the molecule is CCCC1=C(C(=O)OCC)[C@@H](c2c(OC)ccc3ccccc23)n2c(s/c(=C/c3ccc(Br)s3)c2=O)=N1. The number of rotatable bonds is 7. The van der Waals surface area contributed by atoms with Gasteiger partial charge in [-0.25, -0.2) is 9.79 Å². The van der Waals surface area contributed by atoms with Crippen LogP contribution in [0.3, 0.4) is 0 Å². The van der Waals surface area contributed by atoms with Crippen molar-refractivity contribution in [2.75, 3.05) is 13.7 Å². The Hall–Kier alpha value is -3.01. The van der Waals surface area contributed by atoms with Crippen molar-refractivity contribution in [1.29, 1.82) is 0 Å². The number of carbonyl (C=O) groups excluding carboxylic acids is 1. The summed E-state index contributed by atoms with van der Waals surface area (Å²) in [4.78, 5) is 33.9. The minimum absolute atomic E-state index is 0.203. The van der Waals surface area contributed by atoms with E-state index in [1.54, 1.807) is 29.9 Å². The van der Waals surface area contributed by atoms with Crippen molar-refractivity contribution < 1.29 is 14.3 Å². The zero-order valence-electron chi connectivity index (χ0n) is 20.6. The first-order valence-electron chi connectivity index (χ1n) is 12.0. The number of allylic oxidation sites excluding steroid dienone is 1. The quantitative estimate of drug-likeness (QED) is 0.262. The van der Waals surface area contributed by atoms with Crippen molar-refractivity contribution in [3.63, 3.8) is 0 Å². The highest BCUT2D eigenvalue weighted by Gasteiger charge is 2.37. The number of hydrogen-bond donors (Lipinski definition) is 0. The van der Waals surface area contributed by atoms with E-state index >= 15 is 0 Å². The standard InChI is InChI=1S/C28H25BrN2O4S2/c1-4-8-19-24(27(33)35-5-2)25(23-18-10-7-6-9-16(18)11-13-20(23)34-3)31-26(32)21(37-28(31)30-19)15-17-12-14-22(29)36-17/h6-7,9-15,25H,4-5,8H2,1-3H3/b21-15+/t25-/m1/s1. The first kappa shape index (κ1) is 25.6. The third kappa shape index (κ3) is 4.71. The fourth-order valence-electron chi connectivity index (χ4n) is 4.66. The second-order valence-corrected chi connectivity index (χ2v) is 12.0. The molecule has 0 unspecified atom stereocenters. The molecule has 5 rings (SSSR count). The minimum Gasteiger partial charge on any atom is -0.496 e. The maximum atomic E-state index is 14.0. The molecule has 0 N–H and O–H groups in total. The lowest BCUT2D eigenvalue weighted by Crippen LogP contribution is -2.40. The van der Waals surface area contributed by atoms with Gasteiger partial charge in [0.1, 0.15) is 11.8 Å². The van der Waals surface area contributed by atoms with Crippen molar-refractivity contribution in [3.8, 4) is 5.75 Å². The van der Waals surface area contributed by atoms with E-state index in [0.717, 1.165) is 31.4 Å². The molecule has 0 saturated carbocycles. The number of thiophene rings is 1. The van der Waals surface area contributed by atoms with Gasteiger partial charge in [0.25, 0.3) is 5.56 Å². The van der Waals surface area contributed by atoms with Crippen LogP contribution in [0.5, 0.6) is 5.75 Å². The molecule has 3 heterocycles. The molecule has 2 aromatic carbocycles. The third-order valence-electron chi connectivity index (χ3n) is 6.18. The Balaban J connectivity index is 1.89. The summed E-state index contributed by atoms with van der Waals surface area (Å²) in [7, 11) is 1.60. The van der Waals surface area contributed by atoms with Gasteiger partial charge >= 0.3 is 5.97 Å². The average Bonchev–Trinajstić information content (AvgIpc) is 3.44. The number of methoxy groups -OCH3 is 1. The number of thiazole rings is 1. The molecule has 1 aliphatic rings. The van der Waals surface area contributed by atoms with Gasteiger partial charge in [0.2, 0.25) is 0 Å². The molecular formula is C28H25BrN2O4S2. The molecule has 6 nitrogen and oxygen atoms in total. The summed E-state index contributed by atoms with van der Waals surface area (Å²) in [5, 5.41) is 1.89. The topological polar surface area (TPSA) is 69.9 Å². The normalized spacial score (nSPS) is 15.6. The predicted octanol–water partition coefficient (Wildman–Crippen LogP) is 5.56. The van der Waals surface area contributed by atoms with E-state index in [0.29, 0.717) is 32.8 Å². The molecule has 0 aliphatic carbocycles. The summed E-state index contributed by atoms with van der Waals surface area (Å²) >= 11 is 6.37. The lowest BCUT2D eigenvalue weighted by molar-refractivity contribution is -0.139. The summed E-state index contributed by atoms with van der Waals surface area (Å²) in [5.74, 6) is 0.131. The summed E-state index contributed by atoms with van der Waals surface area (Å²) in [6, 6.07) is 15.0. The minimum atomic E-state index is -0.741. The Labute approximate surface area is 230 Å². The van der Waals surface area contributed by atoms with Crippen LogP contribution in [0.15, 0.2) is 73.4 Å². The van der Waals surface area contributed by atoms with Gasteiger partial charge < -0.3 is 9.47 Å². The fourth-order valence-corrected chi connectivity index (χ4v) is 7.12. The molecule has 1 atom stereocenters. The summed E-state index contributed by atoms with van der Waals surface area (Å²) in [5.41, 5.74) is 1.58. The van der Waals surface area contributed by atoms with E-state index in [-0.39, 0.29) is 12.2 Å². The molecule has 9 heteroatoms. The van der Waals surface area contributed by atoms with E-state index < -0.39 is 12.0 Å². The van der Waals surface area contributed by atoms with E-state index in [1.807, 2.05) is 61.5 Å². The number of carbonyl (C=O) groups is 1. The lowest BCUT2D eigenvalue weighted by Gasteiger charge is -2.28. The van der Waals surface area contributed by atoms with Gasteiger partial charge in [-0.1, -0.05) is 55.0 Å². The Morgan fingerprint density at radius 1 is 1.14 bits per heavy atom. The smallest absolute Gasteiger partial charge is 0.338 e. The molecule has 190 valence electrons. The molecule has 0 bridgehead atoms. The maximum Gasteiger partial charge on any atom is 0.338 e.